The third kappa shape index (κ3) is 1.50. The summed E-state index contributed by atoms with van der Waals surface area (Å²) in [5, 5.41) is 7.89. The smallest absolute Gasteiger partial charge is 0.170 e. The SMILES string of the molecule is Fc1cccc2onc(C3CCNCC3)c12. The Morgan fingerprint density at radius 1 is 1.31 bits per heavy atom. The summed E-state index contributed by atoms with van der Waals surface area (Å²) in [4.78, 5) is 0. The standard InChI is InChI=1S/C12H13FN2O/c13-9-2-1-3-10-11(9)12(15-16-10)8-4-6-14-7-5-8/h1-3,8,14H,4-7H2. The Kier molecular flexibility index (Phi) is 2.36. The molecule has 3 nitrogen and oxygen atoms in total. The van der Waals surface area contributed by atoms with Gasteiger partial charge in [0.1, 0.15) is 5.82 Å². The fourth-order valence-corrected chi connectivity index (χ4v) is 2.35. The van der Waals surface area contributed by atoms with Crippen molar-refractivity contribution >= 4 is 11.0 Å². The van der Waals surface area contributed by atoms with E-state index in [2.05, 4.69) is 10.5 Å². The highest BCUT2D eigenvalue weighted by Gasteiger charge is 2.23. The van der Waals surface area contributed by atoms with E-state index in [4.69, 9.17) is 4.52 Å². The van der Waals surface area contributed by atoms with Crippen molar-refractivity contribution in [2.45, 2.75) is 18.8 Å². The first-order valence-corrected chi connectivity index (χ1v) is 5.61. The number of hydrogen-bond donors (Lipinski definition) is 1. The second kappa shape index (κ2) is 3.87. The van der Waals surface area contributed by atoms with E-state index in [1.807, 2.05) is 0 Å². The van der Waals surface area contributed by atoms with Gasteiger partial charge in [0.15, 0.2) is 5.58 Å². The van der Waals surface area contributed by atoms with Crippen LogP contribution in [-0.4, -0.2) is 18.2 Å². The molecule has 1 aliphatic heterocycles. The molecule has 0 radical (unpaired) electrons. The van der Waals surface area contributed by atoms with Crippen LogP contribution in [0.2, 0.25) is 0 Å². The lowest BCUT2D eigenvalue weighted by Gasteiger charge is -2.20. The second-order valence-corrected chi connectivity index (χ2v) is 4.21. The Morgan fingerprint density at radius 2 is 2.12 bits per heavy atom. The van der Waals surface area contributed by atoms with Crippen LogP contribution in [0.5, 0.6) is 0 Å². The fourth-order valence-electron chi connectivity index (χ4n) is 2.35. The minimum atomic E-state index is -0.229. The molecule has 0 unspecified atom stereocenters. The Balaban J connectivity index is 2.09. The van der Waals surface area contributed by atoms with Crippen LogP contribution in [-0.2, 0) is 0 Å². The summed E-state index contributed by atoms with van der Waals surface area (Å²) in [6.07, 6.45) is 1.99. The number of fused-ring (bicyclic) bond motifs is 1. The predicted octanol–water partition coefficient (Wildman–Crippen LogP) is 2.43. The Hall–Kier alpha value is -1.42. The molecule has 2 aromatic rings. The molecule has 1 aromatic heterocycles. The molecule has 16 heavy (non-hydrogen) atoms. The van der Waals surface area contributed by atoms with Crippen molar-refractivity contribution < 1.29 is 8.91 Å². The molecule has 1 saturated heterocycles. The van der Waals surface area contributed by atoms with E-state index in [0.29, 0.717) is 16.9 Å². The van der Waals surface area contributed by atoms with Gasteiger partial charge in [-0.2, -0.15) is 0 Å². The van der Waals surface area contributed by atoms with Gasteiger partial charge in [-0.25, -0.2) is 4.39 Å². The van der Waals surface area contributed by atoms with Crippen molar-refractivity contribution in [3.05, 3.63) is 29.7 Å². The lowest BCUT2D eigenvalue weighted by molar-refractivity contribution is 0.404. The third-order valence-corrected chi connectivity index (χ3v) is 3.20. The van der Waals surface area contributed by atoms with Crippen molar-refractivity contribution in [3.63, 3.8) is 0 Å². The highest BCUT2D eigenvalue weighted by Crippen LogP contribution is 2.31. The van der Waals surface area contributed by atoms with Gasteiger partial charge in [0.2, 0.25) is 0 Å². The van der Waals surface area contributed by atoms with E-state index in [9.17, 15) is 4.39 Å². The van der Waals surface area contributed by atoms with Gasteiger partial charge < -0.3 is 9.84 Å². The number of aromatic nitrogens is 1. The predicted molar refractivity (Wildman–Crippen MR) is 58.8 cm³/mol. The van der Waals surface area contributed by atoms with Crippen LogP contribution in [0.1, 0.15) is 24.5 Å². The molecule has 84 valence electrons. The number of nitrogens with one attached hydrogen (secondary N) is 1. The average Bonchev–Trinajstić information content (AvgIpc) is 2.75. The number of rotatable bonds is 1. The monoisotopic (exact) mass is 220 g/mol. The third-order valence-electron chi connectivity index (χ3n) is 3.20. The maximum Gasteiger partial charge on any atom is 0.170 e. The first-order chi connectivity index (χ1) is 7.86. The van der Waals surface area contributed by atoms with Crippen molar-refractivity contribution in [2.24, 2.45) is 0 Å². The van der Waals surface area contributed by atoms with Gasteiger partial charge in [0.25, 0.3) is 0 Å². The van der Waals surface area contributed by atoms with Crippen LogP contribution in [0.4, 0.5) is 4.39 Å². The molecule has 1 aromatic carbocycles. The number of benzene rings is 1. The summed E-state index contributed by atoms with van der Waals surface area (Å²) in [7, 11) is 0. The molecule has 0 amide bonds. The molecule has 2 heterocycles. The van der Waals surface area contributed by atoms with Crippen molar-refractivity contribution in [3.8, 4) is 0 Å². The van der Waals surface area contributed by atoms with E-state index in [1.165, 1.54) is 6.07 Å². The largest absolute Gasteiger partial charge is 0.356 e. The molecule has 1 N–H and O–H groups in total. The van der Waals surface area contributed by atoms with Gasteiger partial charge in [0.05, 0.1) is 11.1 Å². The molecule has 0 aliphatic carbocycles. The van der Waals surface area contributed by atoms with Crippen molar-refractivity contribution in [1.29, 1.82) is 0 Å². The Labute approximate surface area is 92.6 Å². The summed E-state index contributed by atoms with van der Waals surface area (Å²) in [5.74, 6) is 0.0895. The van der Waals surface area contributed by atoms with Crippen LogP contribution in [0.25, 0.3) is 11.0 Å². The summed E-state index contributed by atoms with van der Waals surface area (Å²) < 4.78 is 18.9. The maximum absolute atomic E-state index is 13.7. The molecule has 4 heteroatoms. The zero-order valence-corrected chi connectivity index (χ0v) is 8.87. The van der Waals surface area contributed by atoms with Gasteiger partial charge in [-0.15, -0.1) is 0 Å². The summed E-state index contributed by atoms with van der Waals surface area (Å²) in [6, 6.07) is 4.87. The Bertz CT molecular complexity index is 503. The summed E-state index contributed by atoms with van der Waals surface area (Å²) >= 11 is 0. The van der Waals surface area contributed by atoms with Crippen LogP contribution in [0, 0.1) is 5.82 Å². The van der Waals surface area contributed by atoms with E-state index in [0.717, 1.165) is 31.6 Å². The first-order valence-electron chi connectivity index (χ1n) is 5.61. The normalized spacial score (nSPS) is 18.1. The number of hydrogen-bond acceptors (Lipinski definition) is 3. The molecule has 3 rings (SSSR count). The van der Waals surface area contributed by atoms with Gasteiger partial charge in [0, 0.05) is 5.92 Å². The lowest BCUT2D eigenvalue weighted by Crippen LogP contribution is -2.26. The molecular formula is C12H13FN2O. The van der Waals surface area contributed by atoms with Gasteiger partial charge >= 0.3 is 0 Å². The minimum Gasteiger partial charge on any atom is -0.356 e. The zero-order chi connectivity index (χ0) is 11.0. The first kappa shape index (κ1) is 9.78. The molecule has 1 fully saturated rings. The average molecular weight is 220 g/mol. The van der Waals surface area contributed by atoms with E-state index < -0.39 is 0 Å². The van der Waals surface area contributed by atoms with Crippen molar-refractivity contribution in [1.82, 2.24) is 10.5 Å². The quantitative estimate of drug-likeness (QED) is 0.802. The van der Waals surface area contributed by atoms with E-state index >= 15 is 0 Å². The molecule has 0 atom stereocenters. The second-order valence-electron chi connectivity index (χ2n) is 4.21. The van der Waals surface area contributed by atoms with Gasteiger partial charge in [-0.05, 0) is 38.1 Å². The molecule has 0 spiro atoms. The Morgan fingerprint density at radius 3 is 2.94 bits per heavy atom. The van der Waals surface area contributed by atoms with E-state index in [-0.39, 0.29) is 5.82 Å². The molecule has 1 aliphatic rings. The molecular weight excluding hydrogens is 207 g/mol. The zero-order valence-electron chi connectivity index (χ0n) is 8.87. The van der Waals surface area contributed by atoms with Crippen LogP contribution in [0.3, 0.4) is 0 Å². The number of piperidine rings is 1. The van der Waals surface area contributed by atoms with Crippen LogP contribution < -0.4 is 5.32 Å². The minimum absolute atomic E-state index is 0.229. The highest BCUT2D eigenvalue weighted by molar-refractivity contribution is 5.80. The highest BCUT2D eigenvalue weighted by atomic mass is 19.1. The van der Waals surface area contributed by atoms with Crippen LogP contribution in [0.15, 0.2) is 22.7 Å². The van der Waals surface area contributed by atoms with E-state index in [1.54, 1.807) is 12.1 Å². The molecule has 0 bridgehead atoms. The van der Waals surface area contributed by atoms with Crippen LogP contribution >= 0.6 is 0 Å². The topological polar surface area (TPSA) is 38.1 Å². The summed E-state index contributed by atoms with van der Waals surface area (Å²) in [6.45, 7) is 1.93. The fraction of sp³-hybridized carbons (Fsp3) is 0.417. The molecule has 0 saturated carbocycles. The van der Waals surface area contributed by atoms with Gasteiger partial charge in [-0.1, -0.05) is 11.2 Å². The lowest BCUT2D eigenvalue weighted by atomic mass is 9.92. The number of nitrogens with zero attached hydrogens (tertiary/aromatic N) is 1. The van der Waals surface area contributed by atoms with Gasteiger partial charge in [-0.3, -0.25) is 0 Å². The van der Waals surface area contributed by atoms with Crippen molar-refractivity contribution in [2.75, 3.05) is 13.1 Å². The maximum atomic E-state index is 13.7. The number of halogens is 1. The summed E-state index contributed by atoms with van der Waals surface area (Å²) in [5.41, 5.74) is 1.34.